The van der Waals surface area contributed by atoms with E-state index >= 15 is 0 Å². The van der Waals surface area contributed by atoms with Crippen LogP contribution in [0.25, 0.3) is 0 Å². The minimum Gasteiger partial charge on any atom is -0.462 e. The van der Waals surface area contributed by atoms with Crippen molar-refractivity contribution in [2.24, 2.45) is 5.92 Å². The van der Waals surface area contributed by atoms with Crippen LogP contribution in [0.4, 0.5) is 0 Å². The van der Waals surface area contributed by atoms with Crippen LogP contribution < -0.4 is 0 Å². The van der Waals surface area contributed by atoms with Gasteiger partial charge in [-0.2, -0.15) is 0 Å². The van der Waals surface area contributed by atoms with Crippen LogP contribution in [0, 0.1) is 5.92 Å². The first-order valence-corrected chi connectivity index (χ1v) is 27.9. The van der Waals surface area contributed by atoms with E-state index in [0.717, 1.165) is 63.7 Å². The molecule has 0 aromatic heterocycles. The normalized spacial score (nSPS) is 12.0. The van der Waals surface area contributed by atoms with Crippen LogP contribution >= 0.6 is 0 Å². The molecule has 62 heavy (non-hydrogen) atoms. The molecule has 0 radical (unpaired) electrons. The first kappa shape index (κ1) is 60.4. The first-order valence-electron chi connectivity index (χ1n) is 27.9. The van der Waals surface area contributed by atoms with Gasteiger partial charge in [0.25, 0.3) is 0 Å². The number of unbranched alkanes of at least 4 members (excludes halogenated alkanes) is 38. The third-order valence-corrected chi connectivity index (χ3v) is 12.8. The second-order valence-electron chi connectivity index (χ2n) is 19.7. The van der Waals surface area contributed by atoms with E-state index in [-0.39, 0.29) is 31.1 Å². The highest BCUT2D eigenvalue weighted by atomic mass is 16.6. The van der Waals surface area contributed by atoms with Crippen molar-refractivity contribution in [3.05, 3.63) is 0 Å². The summed E-state index contributed by atoms with van der Waals surface area (Å²) in [4.78, 5) is 38.0. The van der Waals surface area contributed by atoms with Gasteiger partial charge in [0.1, 0.15) is 13.2 Å². The highest BCUT2D eigenvalue weighted by Crippen LogP contribution is 2.18. The minimum atomic E-state index is -0.760. The van der Waals surface area contributed by atoms with Gasteiger partial charge in [-0.3, -0.25) is 14.4 Å². The van der Waals surface area contributed by atoms with Gasteiger partial charge in [-0.05, 0) is 25.2 Å². The van der Waals surface area contributed by atoms with Crippen molar-refractivity contribution < 1.29 is 28.6 Å². The molecule has 368 valence electrons. The standard InChI is InChI=1S/C56H108O6/c1-5-7-9-11-13-15-17-23-29-33-37-41-45-49-56(59)62-53(50-60-54(57)47-43-39-35-31-27-18-16-14-12-10-8-6-2)51-61-55(58)48-44-40-36-32-28-25-22-20-19-21-24-26-30-34-38-42-46-52(3)4/h52-53H,5-51H2,1-4H3/t53-/m0/s1. The van der Waals surface area contributed by atoms with Crippen LogP contribution in [0.1, 0.15) is 317 Å². The number of ether oxygens (including phenoxy) is 3. The molecule has 0 aromatic rings. The van der Waals surface area contributed by atoms with Gasteiger partial charge in [0.05, 0.1) is 0 Å². The fourth-order valence-electron chi connectivity index (χ4n) is 8.57. The molecular formula is C56H108O6. The van der Waals surface area contributed by atoms with E-state index in [1.54, 1.807) is 0 Å². The molecular weight excluding hydrogens is 769 g/mol. The van der Waals surface area contributed by atoms with Gasteiger partial charge in [-0.15, -0.1) is 0 Å². The van der Waals surface area contributed by atoms with Crippen molar-refractivity contribution in [3.63, 3.8) is 0 Å². The smallest absolute Gasteiger partial charge is 0.306 e. The van der Waals surface area contributed by atoms with E-state index in [1.807, 2.05) is 0 Å². The lowest BCUT2D eigenvalue weighted by Crippen LogP contribution is -2.30. The number of hydrogen-bond donors (Lipinski definition) is 0. The van der Waals surface area contributed by atoms with Gasteiger partial charge in [0.15, 0.2) is 6.10 Å². The summed E-state index contributed by atoms with van der Waals surface area (Å²) in [5, 5.41) is 0. The lowest BCUT2D eigenvalue weighted by atomic mass is 10.0. The average Bonchev–Trinajstić information content (AvgIpc) is 3.26. The second-order valence-corrected chi connectivity index (χ2v) is 19.7. The molecule has 0 aliphatic carbocycles. The van der Waals surface area contributed by atoms with Gasteiger partial charge in [-0.25, -0.2) is 0 Å². The zero-order valence-electron chi connectivity index (χ0n) is 42.3. The largest absolute Gasteiger partial charge is 0.462 e. The fraction of sp³-hybridized carbons (Fsp3) is 0.946. The zero-order valence-corrected chi connectivity index (χ0v) is 42.3. The third kappa shape index (κ3) is 49.4. The van der Waals surface area contributed by atoms with E-state index < -0.39 is 6.10 Å². The molecule has 6 heteroatoms. The van der Waals surface area contributed by atoms with Crippen molar-refractivity contribution >= 4 is 17.9 Å². The number of carbonyl (C=O) groups is 3. The Morgan fingerprint density at radius 3 is 0.790 bits per heavy atom. The Kier molecular flexibility index (Phi) is 49.1. The lowest BCUT2D eigenvalue weighted by molar-refractivity contribution is -0.167. The predicted octanol–water partition coefficient (Wildman–Crippen LogP) is 18.2. The van der Waals surface area contributed by atoms with Gasteiger partial charge in [0.2, 0.25) is 0 Å². The summed E-state index contributed by atoms with van der Waals surface area (Å²) in [6.07, 6.45) is 53.7. The molecule has 0 rings (SSSR count). The molecule has 0 fully saturated rings. The summed E-state index contributed by atoms with van der Waals surface area (Å²) >= 11 is 0. The maximum atomic E-state index is 12.8. The first-order chi connectivity index (χ1) is 30.4. The van der Waals surface area contributed by atoms with Crippen LogP contribution in [0.15, 0.2) is 0 Å². The molecule has 0 N–H and O–H groups in total. The third-order valence-electron chi connectivity index (χ3n) is 12.8. The summed E-state index contributed by atoms with van der Waals surface area (Å²) in [5.41, 5.74) is 0. The van der Waals surface area contributed by atoms with Crippen molar-refractivity contribution in [2.45, 2.75) is 323 Å². The molecule has 0 amide bonds. The van der Waals surface area contributed by atoms with Crippen LogP contribution in [0.3, 0.4) is 0 Å². The maximum absolute atomic E-state index is 12.8. The van der Waals surface area contributed by atoms with Gasteiger partial charge in [-0.1, -0.05) is 278 Å². The molecule has 0 aliphatic heterocycles. The van der Waals surface area contributed by atoms with Gasteiger partial charge in [0, 0.05) is 19.3 Å². The molecule has 0 unspecified atom stereocenters. The van der Waals surface area contributed by atoms with Gasteiger partial charge < -0.3 is 14.2 Å². The minimum absolute atomic E-state index is 0.0620. The quantitative estimate of drug-likeness (QED) is 0.0344. The molecule has 6 nitrogen and oxygen atoms in total. The van der Waals surface area contributed by atoms with Crippen LogP contribution in [0.2, 0.25) is 0 Å². The Bertz CT molecular complexity index is 933. The van der Waals surface area contributed by atoms with Crippen molar-refractivity contribution in [1.29, 1.82) is 0 Å². The van der Waals surface area contributed by atoms with Crippen LogP contribution in [0.5, 0.6) is 0 Å². The topological polar surface area (TPSA) is 78.9 Å². The molecule has 0 spiro atoms. The molecule has 1 atom stereocenters. The lowest BCUT2D eigenvalue weighted by Gasteiger charge is -2.18. The molecule has 0 heterocycles. The van der Waals surface area contributed by atoms with E-state index in [9.17, 15) is 14.4 Å². The van der Waals surface area contributed by atoms with E-state index in [1.165, 1.54) is 212 Å². The van der Waals surface area contributed by atoms with Crippen molar-refractivity contribution in [3.8, 4) is 0 Å². The number of rotatable bonds is 51. The van der Waals surface area contributed by atoms with Crippen molar-refractivity contribution in [2.75, 3.05) is 13.2 Å². The maximum Gasteiger partial charge on any atom is 0.306 e. The predicted molar refractivity (Wildman–Crippen MR) is 266 cm³/mol. The number of hydrogen-bond acceptors (Lipinski definition) is 6. The molecule has 0 saturated carbocycles. The summed E-state index contributed by atoms with van der Waals surface area (Å²) in [6, 6.07) is 0. The Morgan fingerprint density at radius 2 is 0.532 bits per heavy atom. The highest BCUT2D eigenvalue weighted by Gasteiger charge is 2.19. The summed E-state index contributed by atoms with van der Waals surface area (Å²) < 4.78 is 16.8. The van der Waals surface area contributed by atoms with E-state index in [0.29, 0.717) is 19.3 Å². The molecule has 0 aliphatic rings. The Labute approximate surface area is 387 Å². The summed E-state index contributed by atoms with van der Waals surface area (Å²) in [6.45, 7) is 9.06. The average molecular weight is 877 g/mol. The Morgan fingerprint density at radius 1 is 0.306 bits per heavy atom. The van der Waals surface area contributed by atoms with E-state index in [2.05, 4.69) is 27.7 Å². The molecule has 0 bridgehead atoms. The number of carbonyl (C=O) groups excluding carboxylic acids is 3. The summed E-state index contributed by atoms with van der Waals surface area (Å²) in [5.74, 6) is 0.0146. The van der Waals surface area contributed by atoms with Crippen LogP contribution in [-0.4, -0.2) is 37.2 Å². The van der Waals surface area contributed by atoms with Crippen LogP contribution in [-0.2, 0) is 28.6 Å². The molecule has 0 saturated heterocycles. The van der Waals surface area contributed by atoms with Crippen molar-refractivity contribution in [1.82, 2.24) is 0 Å². The summed E-state index contributed by atoms with van der Waals surface area (Å²) in [7, 11) is 0. The second kappa shape index (κ2) is 50.4. The Balaban J connectivity index is 4.25. The van der Waals surface area contributed by atoms with E-state index in [4.69, 9.17) is 14.2 Å². The van der Waals surface area contributed by atoms with Gasteiger partial charge >= 0.3 is 17.9 Å². The number of esters is 3. The SMILES string of the molecule is CCCCCCCCCCCCCCCC(=O)O[C@@H](COC(=O)CCCCCCCCCCCCCC)COC(=O)CCCCCCCCCCCCCCCCCCC(C)C. The molecule has 0 aromatic carbocycles. The highest BCUT2D eigenvalue weighted by molar-refractivity contribution is 5.71. The fourth-order valence-corrected chi connectivity index (χ4v) is 8.57. The zero-order chi connectivity index (χ0) is 45.2. The monoisotopic (exact) mass is 877 g/mol. The Hall–Kier alpha value is -1.59.